The molecule has 0 saturated carbocycles. The SMILES string of the molecule is Cc1cnc(-c2ccsc2)nc1NCCCOc1ccc2c(c1)CC[C@H]2CC(=O)O. The second-order valence-corrected chi connectivity index (χ2v) is 8.34. The summed E-state index contributed by atoms with van der Waals surface area (Å²) in [4.78, 5) is 20.1. The summed E-state index contributed by atoms with van der Waals surface area (Å²) in [6.45, 7) is 3.36. The zero-order valence-corrected chi connectivity index (χ0v) is 17.7. The van der Waals surface area contributed by atoms with Crippen molar-refractivity contribution in [3.05, 3.63) is 57.9 Å². The van der Waals surface area contributed by atoms with Crippen LogP contribution in [-0.2, 0) is 11.2 Å². The second kappa shape index (κ2) is 9.26. The highest BCUT2D eigenvalue weighted by atomic mass is 32.1. The Morgan fingerprint density at radius 1 is 1.37 bits per heavy atom. The minimum Gasteiger partial charge on any atom is -0.494 e. The number of aromatic nitrogens is 2. The van der Waals surface area contributed by atoms with Crippen LogP contribution in [0.5, 0.6) is 5.75 Å². The van der Waals surface area contributed by atoms with Crippen molar-refractivity contribution in [2.75, 3.05) is 18.5 Å². The molecule has 30 heavy (non-hydrogen) atoms. The number of carboxylic acids is 1. The molecule has 2 aromatic heterocycles. The molecule has 1 aromatic carbocycles. The van der Waals surface area contributed by atoms with E-state index < -0.39 is 5.97 Å². The smallest absolute Gasteiger partial charge is 0.303 e. The van der Waals surface area contributed by atoms with Gasteiger partial charge in [0.15, 0.2) is 5.82 Å². The standard InChI is InChI=1S/C23H25N3O3S/c1-15-13-25-23(18-7-10-30-14-18)26-22(15)24-8-2-9-29-19-5-6-20-16(11-19)3-4-17(20)12-21(27)28/h5-7,10-11,13-14,17H,2-4,8-9,12H2,1H3,(H,27,28)(H,24,25,26)/t17-/m0/s1. The molecule has 1 aliphatic rings. The van der Waals surface area contributed by atoms with Gasteiger partial charge in [-0.15, -0.1) is 0 Å². The van der Waals surface area contributed by atoms with E-state index in [1.165, 1.54) is 5.56 Å². The molecule has 0 unspecified atom stereocenters. The summed E-state index contributed by atoms with van der Waals surface area (Å²) in [6.07, 6.45) is 4.72. The van der Waals surface area contributed by atoms with Crippen molar-refractivity contribution < 1.29 is 14.6 Å². The number of benzene rings is 1. The number of rotatable bonds is 9. The zero-order chi connectivity index (χ0) is 20.9. The molecule has 1 aliphatic carbocycles. The minimum absolute atomic E-state index is 0.130. The number of fused-ring (bicyclic) bond motifs is 1. The van der Waals surface area contributed by atoms with E-state index in [9.17, 15) is 4.79 Å². The number of aryl methyl sites for hydroxylation is 2. The molecule has 1 atom stereocenters. The molecule has 2 heterocycles. The van der Waals surface area contributed by atoms with Gasteiger partial charge in [0.05, 0.1) is 13.0 Å². The Morgan fingerprint density at radius 2 is 2.27 bits per heavy atom. The van der Waals surface area contributed by atoms with Gasteiger partial charge in [0, 0.05) is 29.2 Å². The van der Waals surface area contributed by atoms with Gasteiger partial charge in [-0.1, -0.05) is 6.07 Å². The van der Waals surface area contributed by atoms with Crippen LogP contribution in [0.2, 0.25) is 0 Å². The lowest BCUT2D eigenvalue weighted by molar-refractivity contribution is -0.137. The number of hydrogen-bond donors (Lipinski definition) is 2. The number of thiophene rings is 1. The fraction of sp³-hybridized carbons (Fsp3) is 0.348. The summed E-state index contributed by atoms with van der Waals surface area (Å²) in [5, 5.41) is 16.5. The molecule has 7 heteroatoms. The van der Waals surface area contributed by atoms with E-state index in [0.717, 1.165) is 59.9 Å². The number of ether oxygens (including phenoxy) is 1. The monoisotopic (exact) mass is 423 g/mol. The van der Waals surface area contributed by atoms with Gasteiger partial charge in [-0.3, -0.25) is 4.79 Å². The Morgan fingerprint density at radius 3 is 3.07 bits per heavy atom. The van der Waals surface area contributed by atoms with E-state index in [1.54, 1.807) is 11.3 Å². The highest BCUT2D eigenvalue weighted by molar-refractivity contribution is 7.08. The van der Waals surface area contributed by atoms with Crippen LogP contribution in [-0.4, -0.2) is 34.2 Å². The fourth-order valence-electron chi connectivity index (χ4n) is 3.82. The molecular weight excluding hydrogens is 398 g/mol. The highest BCUT2D eigenvalue weighted by Gasteiger charge is 2.24. The summed E-state index contributed by atoms with van der Waals surface area (Å²) < 4.78 is 5.91. The third-order valence-corrected chi connectivity index (χ3v) is 6.05. The van der Waals surface area contributed by atoms with Crippen molar-refractivity contribution in [3.8, 4) is 17.1 Å². The topological polar surface area (TPSA) is 84.3 Å². The molecule has 4 rings (SSSR count). The molecule has 0 aliphatic heterocycles. The van der Waals surface area contributed by atoms with E-state index in [1.807, 2.05) is 42.1 Å². The lowest BCUT2D eigenvalue weighted by Gasteiger charge is -2.12. The number of aliphatic carboxylic acids is 1. The summed E-state index contributed by atoms with van der Waals surface area (Å²) in [6, 6.07) is 8.06. The van der Waals surface area contributed by atoms with Crippen LogP contribution in [0.1, 0.15) is 41.9 Å². The molecule has 156 valence electrons. The third kappa shape index (κ3) is 4.79. The Hall–Kier alpha value is -2.93. The molecule has 0 spiro atoms. The normalized spacial score (nSPS) is 15.0. The van der Waals surface area contributed by atoms with Crippen molar-refractivity contribution >= 4 is 23.1 Å². The molecule has 0 fully saturated rings. The first-order valence-corrected chi connectivity index (χ1v) is 11.1. The average Bonchev–Trinajstić information content (AvgIpc) is 3.39. The molecular formula is C23H25N3O3S. The maximum atomic E-state index is 11.0. The van der Waals surface area contributed by atoms with E-state index in [0.29, 0.717) is 6.61 Å². The Kier molecular flexibility index (Phi) is 6.28. The summed E-state index contributed by atoms with van der Waals surface area (Å²) in [7, 11) is 0. The van der Waals surface area contributed by atoms with Gasteiger partial charge in [-0.25, -0.2) is 9.97 Å². The maximum Gasteiger partial charge on any atom is 0.303 e. The number of anilines is 1. The first-order valence-electron chi connectivity index (χ1n) is 10.2. The van der Waals surface area contributed by atoms with Crippen molar-refractivity contribution in [1.29, 1.82) is 0 Å². The highest BCUT2D eigenvalue weighted by Crippen LogP contribution is 2.37. The number of carbonyl (C=O) groups is 1. The number of hydrogen-bond acceptors (Lipinski definition) is 6. The zero-order valence-electron chi connectivity index (χ0n) is 16.9. The Bertz CT molecular complexity index is 1020. The summed E-state index contributed by atoms with van der Waals surface area (Å²) in [5.74, 6) is 1.84. The molecule has 0 bridgehead atoms. The number of nitrogens with one attached hydrogen (secondary N) is 1. The van der Waals surface area contributed by atoms with Crippen LogP contribution in [0.25, 0.3) is 11.4 Å². The van der Waals surface area contributed by atoms with E-state index in [4.69, 9.17) is 9.84 Å². The molecule has 0 amide bonds. The van der Waals surface area contributed by atoms with E-state index >= 15 is 0 Å². The van der Waals surface area contributed by atoms with Gasteiger partial charge in [0.25, 0.3) is 0 Å². The first kappa shape index (κ1) is 20.3. The predicted molar refractivity (Wildman–Crippen MR) is 118 cm³/mol. The van der Waals surface area contributed by atoms with Gasteiger partial charge in [0.1, 0.15) is 11.6 Å². The Balaban J connectivity index is 1.26. The first-order chi connectivity index (χ1) is 14.6. The fourth-order valence-corrected chi connectivity index (χ4v) is 4.45. The van der Waals surface area contributed by atoms with Crippen LogP contribution in [0.3, 0.4) is 0 Å². The van der Waals surface area contributed by atoms with Gasteiger partial charge in [0.2, 0.25) is 0 Å². The Labute approximate surface area is 180 Å². The number of nitrogens with zero attached hydrogens (tertiary/aromatic N) is 2. The minimum atomic E-state index is -0.734. The van der Waals surface area contributed by atoms with Gasteiger partial charge in [-0.2, -0.15) is 11.3 Å². The van der Waals surface area contributed by atoms with Gasteiger partial charge in [-0.05, 0) is 66.8 Å². The van der Waals surface area contributed by atoms with Crippen molar-refractivity contribution in [3.63, 3.8) is 0 Å². The molecule has 0 radical (unpaired) electrons. The second-order valence-electron chi connectivity index (χ2n) is 7.56. The van der Waals surface area contributed by atoms with Crippen molar-refractivity contribution in [1.82, 2.24) is 9.97 Å². The van der Waals surface area contributed by atoms with Crippen molar-refractivity contribution in [2.45, 2.75) is 38.5 Å². The largest absolute Gasteiger partial charge is 0.494 e. The van der Waals surface area contributed by atoms with E-state index in [-0.39, 0.29) is 12.3 Å². The quantitative estimate of drug-likeness (QED) is 0.476. The molecule has 6 nitrogen and oxygen atoms in total. The van der Waals surface area contributed by atoms with E-state index in [2.05, 4.69) is 21.4 Å². The van der Waals surface area contributed by atoms with Crippen LogP contribution >= 0.6 is 11.3 Å². The van der Waals surface area contributed by atoms with Gasteiger partial charge < -0.3 is 15.2 Å². The predicted octanol–water partition coefficient (Wildman–Crippen LogP) is 4.90. The van der Waals surface area contributed by atoms with Crippen LogP contribution < -0.4 is 10.1 Å². The van der Waals surface area contributed by atoms with Crippen LogP contribution in [0.4, 0.5) is 5.82 Å². The molecule has 2 N–H and O–H groups in total. The lowest BCUT2D eigenvalue weighted by Crippen LogP contribution is -2.10. The van der Waals surface area contributed by atoms with Crippen LogP contribution in [0.15, 0.2) is 41.2 Å². The van der Waals surface area contributed by atoms with Crippen molar-refractivity contribution in [2.24, 2.45) is 0 Å². The molecule has 3 aromatic rings. The van der Waals surface area contributed by atoms with Crippen LogP contribution in [0, 0.1) is 6.92 Å². The van der Waals surface area contributed by atoms with Gasteiger partial charge >= 0.3 is 5.97 Å². The summed E-state index contributed by atoms with van der Waals surface area (Å²) in [5.41, 5.74) is 4.43. The summed E-state index contributed by atoms with van der Waals surface area (Å²) >= 11 is 1.63. The molecule has 0 saturated heterocycles. The average molecular weight is 424 g/mol. The number of carboxylic acid groups (broad SMARTS) is 1. The third-order valence-electron chi connectivity index (χ3n) is 5.37. The lowest BCUT2D eigenvalue weighted by atomic mass is 9.98. The maximum absolute atomic E-state index is 11.0.